The van der Waals surface area contributed by atoms with Gasteiger partial charge in [-0.25, -0.2) is 15.0 Å². The second-order valence-electron chi connectivity index (χ2n) is 9.45. The molecule has 4 aromatic rings. The van der Waals surface area contributed by atoms with Gasteiger partial charge in [-0.05, 0) is 71.4 Å². The Kier molecular flexibility index (Phi) is 5.41. The molecule has 2 fully saturated rings. The number of carbonyl (C=O) groups excluding carboxylic acids is 2. The van der Waals surface area contributed by atoms with Crippen LogP contribution in [-0.4, -0.2) is 53.4 Å². The summed E-state index contributed by atoms with van der Waals surface area (Å²) in [4.78, 5) is 41.4. The molecular weight excluding hydrogens is 526 g/mol. The number of benzene rings is 1. The lowest BCUT2D eigenvalue weighted by molar-refractivity contribution is -0.138. The highest BCUT2D eigenvalue weighted by molar-refractivity contribution is 9.10. The second-order valence-corrected chi connectivity index (χ2v) is 10.3. The molecule has 36 heavy (non-hydrogen) atoms. The Morgan fingerprint density at radius 1 is 1.25 bits per heavy atom. The van der Waals surface area contributed by atoms with Crippen LogP contribution in [0, 0.1) is 5.92 Å². The number of carbonyl (C=O) groups is 2. The first-order chi connectivity index (χ1) is 17.3. The highest BCUT2D eigenvalue weighted by Gasteiger charge is 2.56. The summed E-state index contributed by atoms with van der Waals surface area (Å²) in [5.74, 6) is 0.686. The van der Waals surface area contributed by atoms with Gasteiger partial charge >= 0.3 is 0 Å². The van der Waals surface area contributed by atoms with Crippen molar-refractivity contribution in [3.63, 3.8) is 0 Å². The van der Waals surface area contributed by atoms with Crippen LogP contribution in [0.25, 0.3) is 21.9 Å². The number of aliphatic hydroxyl groups is 1. The lowest BCUT2D eigenvalue weighted by Gasteiger charge is -2.27. The minimum Gasteiger partial charge on any atom is -0.389 e. The Morgan fingerprint density at radius 3 is 2.86 bits per heavy atom. The van der Waals surface area contributed by atoms with E-state index in [4.69, 9.17) is 5.73 Å². The molecule has 2 amide bonds. The van der Waals surface area contributed by atoms with E-state index in [0.717, 1.165) is 22.9 Å². The van der Waals surface area contributed by atoms with Gasteiger partial charge in [0.05, 0.1) is 17.0 Å². The zero-order valence-electron chi connectivity index (χ0n) is 19.4. The molecule has 11 heteroatoms. The largest absolute Gasteiger partial charge is 0.389 e. The molecule has 4 atom stereocenters. The van der Waals surface area contributed by atoms with Gasteiger partial charge in [-0.15, -0.1) is 0 Å². The molecule has 184 valence electrons. The average molecular weight is 550 g/mol. The van der Waals surface area contributed by atoms with Gasteiger partial charge in [0.15, 0.2) is 0 Å². The number of piperidine rings is 1. The van der Waals surface area contributed by atoms with E-state index < -0.39 is 12.1 Å². The Bertz CT molecular complexity index is 1540. The summed E-state index contributed by atoms with van der Waals surface area (Å²) in [6.07, 6.45) is 2.26. The van der Waals surface area contributed by atoms with Crippen LogP contribution in [-0.2, 0) is 16.1 Å². The molecule has 1 saturated heterocycles. The maximum absolute atomic E-state index is 13.7. The lowest BCUT2D eigenvalue weighted by atomic mass is 10.1. The summed E-state index contributed by atoms with van der Waals surface area (Å²) < 4.78 is 2.44. The van der Waals surface area contributed by atoms with Crippen molar-refractivity contribution in [2.45, 2.75) is 44.5 Å². The second kappa shape index (κ2) is 8.52. The topological polar surface area (TPSA) is 139 Å². The number of fused-ring (bicyclic) bond motifs is 4. The molecule has 0 bridgehead atoms. The van der Waals surface area contributed by atoms with E-state index in [1.54, 1.807) is 30.0 Å². The maximum Gasteiger partial charge on any atom is 0.248 e. The summed E-state index contributed by atoms with van der Waals surface area (Å²) in [7, 11) is 0. The molecule has 1 saturated carbocycles. The fourth-order valence-corrected chi connectivity index (χ4v) is 5.67. The first-order valence-corrected chi connectivity index (χ1v) is 12.6. The normalized spacial score (nSPS) is 21.5. The number of pyridine rings is 1. The minimum absolute atomic E-state index is 0.00656. The first kappa shape index (κ1) is 22.9. The number of hydrogen-bond donors (Lipinski definition) is 3. The first-order valence-electron chi connectivity index (χ1n) is 11.8. The quantitative estimate of drug-likeness (QED) is 0.325. The number of hydrogen-bond acceptors (Lipinski definition) is 7. The Balaban J connectivity index is 1.33. The van der Waals surface area contributed by atoms with Crippen LogP contribution < -0.4 is 11.1 Å². The summed E-state index contributed by atoms with van der Waals surface area (Å²) in [6, 6.07) is 10.3. The lowest BCUT2D eigenvalue weighted by Crippen LogP contribution is -2.46. The van der Waals surface area contributed by atoms with Gasteiger partial charge in [0.2, 0.25) is 11.8 Å². The van der Waals surface area contributed by atoms with Gasteiger partial charge in [-0.1, -0.05) is 12.1 Å². The molecule has 2 unspecified atom stereocenters. The minimum atomic E-state index is -0.657. The van der Waals surface area contributed by atoms with Crippen molar-refractivity contribution >= 4 is 61.3 Å². The number of nitrogens with zero attached hydrogens (tertiary/aromatic N) is 5. The van der Waals surface area contributed by atoms with Crippen molar-refractivity contribution in [2.75, 3.05) is 11.1 Å². The number of likely N-dealkylation sites (tertiary alicyclic amines) is 1. The molecule has 2 aliphatic rings. The number of rotatable bonds is 5. The van der Waals surface area contributed by atoms with E-state index in [1.807, 2.05) is 22.8 Å². The third-order valence-electron chi connectivity index (χ3n) is 7.13. The number of nitrogen functional groups attached to an aromatic ring is 1. The van der Waals surface area contributed by atoms with Crippen LogP contribution in [0.15, 0.2) is 47.3 Å². The molecule has 0 spiro atoms. The fraction of sp³-hybridized carbons (Fsp3) is 0.320. The third kappa shape index (κ3) is 3.79. The molecular formula is C25H24BrN7O3. The van der Waals surface area contributed by atoms with E-state index in [2.05, 4.69) is 36.2 Å². The van der Waals surface area contributed by atoms with Crippen molar-refractivity contribution in [2.24, 2.45) is 5.92 Å². The number of nitrogens with one attached hydrogen (secondary N) is 1. The number of aliphatic hydroxyl groups excluding tert-OH is 1. The molecule has 4 heterocycles. The molecule has 1 aliphatic carbocycles. The maximum atomic E-state index is 13.7. The monoisotopic (exact) mass is 549 g/mol. The molecule has 6 rings (SSSR count). The zero-order chi connectivity index (χ0) is 25.1. The van der Waals surface area contributed by atoms with Crippen LogP contribution in [0.3, 0.4) is 0 Å². The Hall–Kier alpha value is -3.57. The summed E-state index contributed by atoms with van der Waals surface area (Å²) in [6.45, 7) is 1.70. The molecule has 1 aromatic carbocycles. The Labute approximate surface area is 214 Å². The van der Waals surface area contributed by atoms with Crippen molar-refractivity contribution in [1.82, 2.24) is 24.4 Å². The van der Waals surface area contributed by atoms with Crippen LogP contribution in [0.5, 0.6) is 0 Å². The molecule has 4 N–H and O–H groups in total. The van der Waals surface area contributed by atoms with E-state index in [1.165, 1.54) is 6.33 Å². The van der Waals surface area contributed by atoms with Crippen LogP contribution >= 0.6 is 15.9 Å². The van der Waals surface area contributed by atoms with Gasteiger partial charge < -0.3 is 25.6 Å². The smallest absolute Gasteiger partial charge is 0.248 e. The van der Waals surface area contributed by atoms with Crippen molar-refractivity contribution in [1.29, 1.82) is 0 Å². The Morgan fingerprint density at radius 2 is 2.08 bits per heavy atom. The van der Waals surface area contributed by atoms with Gasteiger partial charge in [0.1, 0.15) is 40.8 Å². The fourth-order valence-electron chi connectivity index (χ4n) is 5.33. The average Bonchev–Trinajstić information content (AvgIpc) is 3.39. The van der Waals surface area contributed by atoms with Crippen molar-refractivity contribution in [3.05, 3.63) is 52.9 Å². The summed E-state index contributed by atoms with van der Waals surface area (Å²) in [5.41, 5.74) is 8.24. The van der Waals surface area contributed by atoms with Gasteiger partial charge in [-0.2, -0.15) is 0 Å². The number of anilines is 2. The van der Waals surface area contributed by atoms with Crippen LogP contribution in [0.2, 0.25) is 0 Å². The van der Waals surface area contributed by atoms with E-state index in [0.29, 0.717) is 39.6 Å². The van der Waals surface area contributed by atoms with E-state index in [9.17, 15) is 14.7 Å². The number of nitrogens with two attached hydrogens (primary N) is 1. The number of halogens is 1. The number of amides is 2. The van der Waals surface area contributed by atoms with E-state index >= 15 is 0 Å². The highest BCUT2D eigenvalue weighted by Crippen LogP contribution is 2.48. The SMILES string of the molecule is CC(O)c1ccc2c(c1)c1c(N)ncnc1n2CC(=O)N1[C@@H]2CC2C[C@H]1C(=O)Nc1cccc(Br)n1. The summed E-state index contributed by atoms with van der Waals surface area (Å²) >= 11 is 3.31. The van der Waals surface area contributed by atoms with Gasteiger partial charge in [0, 0.05) is 11.4 Å². The predicted octanol–water partition coefficient (Wildman–Crippen LogP) is 3.01. The van der Waals surface area contributed by atoms with Crippen LogP contribution in [0.1, 0.15) is 31.4 Å². The van der Waals surface area contributed by atoms with Crippen molar-refractivity contribution < 1.29 is 14.7 Å². The predicted molar refractivity (Wildman–Crippen MR) is 138 cm³/mol. The van der Waals surface area contributed by atoms with Crippen LogP contribution in [0.4, 0.5) is 11.6 Å². The molecule has 0 radical (unpaired) electrons. The molecule has 3 aromatic heterocycles. The van der Waals surface area contributed by atoms with Crippen molar-refractivity contribution in [3.8, 4) is 0 Å². The number of aromatic nitrogens is 4. The highest BCUT2D eigenvalue weighted by atomic mass is 79.9. The molecule has 10 nitrogen and oxygen atoms in total. The zero-order valence-corrected chi connectivity index (χ0v) is 21.0. The van der Waals surface area contributed by atoms with E-state index in [-0.39, 0.29) is 24.4 Å². The molecule has 1 aliphatic heterocycles. The summed E-state index contributed by atoms with van der Waals surface area (Å²) in [5, 5.41) is 14.3. The third-order valence-corrected chi connectivity index (χ3v) is 7.57. The standard InChI is InChI=1S/C25H24BrN7O3/c1-12(34)13-5-6-16-15(7-13)22-23(27)28-11-29-24(22)32(16)10-21(35)33-17-8-14(17)9-18(33)25(36)31-20-4-2-3-19(26)30-20/h2-7,11-12,14,17-18,34H,8-10H2,1H3,(H2,27,28,29)(H,30,31,36)/t12?,14?,17-,18+/m1/s1. The van der Waals surface area contributed by atoms with Gasteiger partial charge in [-0.3, -0.25) is 9.59 Å². The van der Waals surface area contributed by atoms with Gasteiger partial charge in [0.25, 0.3) is 0 Å².